The van der Waals surface area contributed by atoms with E-state index in [2.05, 4.69) is 41.1 Å². The lowest BCUT2D eigenvalue weighted by atomic mass is 10.1. The molecule has 1 N–H and O–H groups in total. The maximum atomic E-state index is 12.9. The van der Waals surface area contributed by atoms with Crippen LogP contribution in [0.15, 0.2) is 24.3 Å². The number of nitrogens with one attached hydrogen (secondary N) is 1. The van der Waals surface area contributed by atoms with Crippen LogP contribution in [0.4, 0.5) is 5.13 Å². The van der Waals surface area contributed by atoms with Gasteiger partial charge in [0.15, 0.2) is 16.6 Å². The Balaban J connectivity index is 1.32. The Kier molecular flexibility index (Phi) is 9.10. The van der Waals surface area contributed by atoms with Gasteiger partial charge in [0.1, 0.15) is 0 Å². The summed E-state index contributed by atoms with van der Waals surface area (Å²) in [6, 6.07) is 7.78. The van der Waals surface area contributed by atoms with Crippen LogP contribution in [0.2, 0.25) is 0 Å². The lowest BCUT2D eigenvalue weighted by Gasteiger charge is -2.34. The van der Waals surface area contributed by atoms with Crippen LogP contribution >= 0.6 is 11.3 Å². The number of aromatic nitrogens is 1. The van der Waals surface area contributed by atoms with E-state index in [1.807, 2.05) is 20.8 Å². The van der Waals surface area contributed by atoms with Crippen molar-refractivity contribution in [1.29, 1.82) is 0 Å². The Labute approximate surface area is 223 Å². The molecule has 3 aromatic rings. The Hall–Kier alpha value is -3.04. The van der Waals surface area contributed by atoms with E-state index >= 15 is 0 Å². The molecule has 0 spiro atoms. The predicted octanol–water partition coefficient (Wildman–Crippen LogP) is 4.66. The van der Waals surface area contributed by atoms with Crippen LogP contribution < -0.4 is 24.4 Å². The third kappa shape index (κ3) is 6.27. The molecule has 2 heterocycles. The van der Waals surface area contributed by atoms with E-state index in [1.54, 1.807) is 23.5 Å². The Morgan fingerprint density at radius 1 is 0.946 bits per heavy atom. The largest absolute Gasteiger partial charge is 0.490 e. The minimum atomic E-state index is -0.149. The molecule has 0 unspecified atom stereocenters. The van der Waals surface area contributed by atoms with Crippen molar-refractivity contribution in [3.8, 4) is 17.2 Å². The van der Waals surface area contributed by atoms with E-state index in [0.717, 1.165) is 43.4 Å². The van der Waals surface area contributed by atoms with Crippen LogP contribution in [0.3, 0.4) is 0 Å². The molecule has 0 radical (unpaired) electrons. The molecule has 1 saturated heterocycles. The van der Waals surface area contributed by atoms with Gasteiger partial charge in [-0.3, -0.25) is 9.69 Å². The van der Waals surface area contributed by atoms with Crippen molar-refractivity contribution in [2.75, 3.05) is 64.0 Å². The van der Waals surface area contributed by atoms with Crippen molar-refractivity contribution >= 4 is 32.6 Å². The molecule has 1 amide bonds. The van der Waals surface area contributed by atoms with Gasteiger partial charge in [-0.05, 0) is 57.9 Å². The van der Waals surface area contributed by atoms with Crippen molar-refractivity contribution in [3.05, 3.63) is 41.0 Å². The van der Waals surface area contributed by atoms with Gasteiger partial charge in [-0.2, -0.15) is 0 Å². The van der Waals surface area contributed by atoms with Crippen LogP contribution in [-0.2, 0) is 0 Å². The molecule has 4 rings (SSSR count). The first kappa shape index (κ1) is 27.0. The van der Waals surface area contributed by atoms with Crippen molar-refractivity contribution in [2.45, 2.75) is 34.6 Å². The molecule has 1 fully saturated rings. The van der Waals surface area contributed by atoms with Crippen LogP contribution in [0.5, 0.6) is 17.2 Å². The summed E-state index contributed by atoms with van der Waals surface area (Å²) >= 11 is 1.79. The minimum absolute atomic E-state index is 0.149. The van der Waals surface area contributed by atoms with Crippen molar-refractivity contribution < 1.29 is 19.0 Å². The third-order valence-corrected chi connectivity index (χ3v) is 7.71. The molecule has 0 bridgehead atoms. The number of piperazine rings is 1. The number of anilines is 1. The zero-order valence-electron chi connectivity index (χ0n) is 22.6. The monoisotopic (exact) mass is 526 g/mol. The molecule has 1 aliphatic heterocycles. The zero-order valence-corrected chi connectivity index (χ0v) is 23.4. The number of rotatable bonds is 11. The zero-order chi connectivity index (χ0) is 26.4. The maximum absolute atomic E-state index is 12.9. The number of fused-ring (bicyclic) bond motifs is 1. The highest BCUT2D eigenvalue weighted by Crippen LogP contribution is 2.39. The van der Waals surface area contributed by atoms with Gasteiger partial charge in [-0.25, -0.2) is 4.98 Å². The molecule has 0 atom stereocenters. The molecule has 200 valence electrons. The summed E-state index contributed by atoms with van der Waals surface area (Å²) in [6.07, 6.45) is 0. The second kappa shape index (κ2) is 12.5. The van der Waals surface area contributed by atoms with Crippen LogP contribution in [0, 0.1) is 13.8 Å². The molecule has 1 aromatic heterocycles. The van der Waals surface area contributed by atoms with E-state index < -0.39 is 0 Å². The van der Waals surface area contributed by atoms with Crippen molar-refractivity contribution in [2.24, 2.45) is 0 Å². The second-order valence-corrected chi connectivity index (χ2v) is 10.0. The fourth-order valence-electron chi connectivity index (χ4n) is 4.50. The quantitative estimate of drug-likeness (QED) is 0.389. The second-order valence-electron chi connectivity index (χ2n) is 9.06. The molecule has 0 aliphatic carbocycles. The normalized spacial score (nSPS) is 14.1. The summed E-state index contributed by atoms with van der Waals surface area (Å²) in [5.41, 5.74) is 4.14. The summed E-state index contributed by atoms with van der Waals surface area (Å²) in [5.74, 6) is 1.44. The number of nitrogens with zero attached hydrogens (tertiary/aromatic N) is 3. The number of amides is 1. The first-order chi connectivity index (χ1) is 17.9. The van der Waals surface area contributed by atoms with Crippen molar-refractivity contribution in [3.63, 3.8) is 0 Å². The first-order valence-electron chi connectivity index (χ1n) is 13.1. The standard InChI is InChI=1S/C28H38N4O4S/c1-6-34-22-17-21(18-23(35-7-2)25(22)36-8-3)27(33)29-11-12-31-13-15-32(16-14-31)28-30-24-19(4)9-10-20(5)26(24)37-28/h9-10,17-18H,6-8,11-16H2,1-5H3,(H,29,33). The highest BCUT2D eigenvalue weighted by Gasteiger charge is 2.22. The van der Waals surface area contributed by atoms with Gasteiger partial charge < -0.3 is 24.4 Å². The van der Waals surface area contributed by atoms with Crippen LogP contribution in [0.25, 0.3) is 10.2 Å². The molecular formula is C28H38N4O4S. The summed E-state index contributed by atoms with van der Waals surface area (Å²) in [7, 11) is 0. The highest BCUT2D eigenvalue weighted by atomic mass is 32.1. The number of thiazole rings is 1. The smallest absolute Gasteiger partial charge is 0.251 e. The maximum Gasteiger partial charge on any atom is 0.251 e. The van der Waals surface area contributed by atoms with Crippen LogP contribution in [-0.4, -0.2) is 74.9 Å². The summed E-state index contributed by atoms with van der Waals surface area (Å²) in [4.78, 5) is 22.7. The molecule has 9 heteroatoms. The number of ether oxygens (including phenoxy) is 3. The number of benzene rings is 2. The number of carbonyl (C=O) groups is 1. The summed E-state index contributed by atoms with van der Waals surface area (Å²) in [5, 5.41) is 4.16. The fourth-order valence-corrected chi connectivity index (χ4v) is 5.66. The van der Waals surface area contributed by atoms with Gasteiger partial charge in [0.25, 0.3) is 5.91 Å². The number of hydrogen-bond acceptors (Lipinski definition) is 8. The SMILES string of the molecule is CCOc1cc(C(=O)NCCN2CCN(c3nc4c(C)ccc(C)c4s3)CC2)cc(OCC)c1OCC. The van der Waals surface area contributed by atoms with E-state index in [1.165, 1.54) is 15.8 Å². The number of aryl methyl sites for hydroxylation is 2. The van der Waals surface area contributed by atoms with Gasteiger partial charge in [0.05, 0.1) is 30.0 Å². The van der Waals surface area contributed by atoms with Gasteiger partial charge >= 0.3 is 0 Å². The minimum Gasteiger partial charge on any atom is -0.490 e. The highest BCUT2D eigenvalue weighted by molar-refractivity contribution is 7.22. The van der Waals surface area contributed by atoms with Crippen molar-refractivity contribution in [1.82, 2.24) is 15.2 Å². The lowest BCUT2D eigenvalue weighted by Crippen LogP contribution is -2.48. The molecule has 2 aromatic carbocycles. The molecule has 1 aliphatic rings. The average Bonchev–Trinajstić information content (AvgIpc) is 3.36. The van der Waals surface area contributed by atoms with E-state index in [9.17, 15) is 4.79 Å². The molecule has 0 saturated carbocycles. The van der Waals surface area contributed by atoms with Gasteiger partial charge in [-0.1, -0.05) is 23.5 Å². The van der Waals surface area contributed by atoms with E-state index in [-0.39, 0.29) is 5.91 Å². The van der Waals surface area contributed by atoms with Gasteiger partial charge in [0.2, 0.25) is 5.75 Å². The average molecular weight is 527 g/mol. The molecular weight excluding hydrogens is 488 g/mol. The van der Waals surface area contributed by atoms with Gasteiger partial charge in [0, 0.05) is 44.8 Å². The lowest BCUT2D eigenvalue weighted by molar-refractivity contribution is 0.0946. The molecule has 8 nitrogen and oxygen atoms in total. The topological polar surface area (TPSA) is 76.2 Å². The van der Waals surface area contributed by atoms with Crippen LogP contribution in [0.1, 0.15) is 42.3 Å². The third-order valence-electron chi connectivity index (χ3n) is 6.46. The Morgan fingerprint density at radius 2 is 1.57 bits per heavy atom. The number of hydrogen-bond donors (Lipinski definition) is 1. The molecule has 37 heavy (non-hydrogen) atoms. The van der Waals surface area contributed by atoms with Gasteiger partial charge in [-0.15, -0.1) is 0 Å². The predicted molar refractivity (Wildman–Crippen MR) is 150 cm³/mol. The Bertz CT molecular complexity index is 1150. The Morgan fingerprint density at radius 3 is 2.16 bits per heavy atom. The summed E-state index contributed by atoms with van der Waals surface area (Å²) < 4.78 is 18.5. The summed E-state index contributed by atoms with van der Waals surface area (Å²) in [6.45, 7) is 16.5. The van der Waals surface area contributed by atoms with E-state index in [4.69, 9.17) is 19.2 Å². The first-order valence-corrected chi connectivity index (χ1v) is 13.9. The van der Waals surface area contributed by atoms with E-state index in [0.29, 0.717) is 49.2 Å². The fraction of sp³-hybridized carbons (Fsp3) is 0.500. The number of carbonyl (C=O) groups excluding carboxylic acids is 1.